The fourth-order valence-electron chi connectivity index (χ4n) is 2.73. The maximum Gasteiger partial charge on any atom is 0.337 e. The summed E-state index contributed by atoms with van der Waals surface area (Å²) in [6, 6.07) is 11.1. The summed E-state index contributed by atoms with van der Waals surface area (Å²) in [4.78, 5) is 25.6. The SMILES string of the molecule is COC/C(=C\S(=O)(=O)c1ccc(C)cc1)N(C(C)=O)c1ccc(C(=O)OC)cc1I. The number of methoxy groups -OCH3 is 2. The molecule has 0 atom stereocenters. The van der Waals surface area contributed by atoms with Gasteiger partial charge in [0.1, 0.15) is 0 Å². The summed E-state index contributed by atoms with van der Waals surface area (Å²) < 4.78 is 36.3. The van der Waals surface area contributed by atoms with Crippen molar-refractivity contribution in [3.63, 3.8) is 0 Å². The average Bonchev–Trinajstić information content (AvgIpc) is 2.68. The molecule has 0 heterocycles. The Hall–Kier alpha value is -2.24. The number of rotatable bonds is 7. The quantitative estimate of drug-likeness (QED) is 0.391. The van der Waals surface area contributed by atoms with Crippen molar-refractivity contribution in [1.82, 2.24) is 0 Å². The molecule has 0 N–H and O–H groups in total. The number of halogens is 1. The molecule has 30 heavy (non-hydrogen) atoms. The molecule has 0 saturated heterocycles. The van der Waals surface area contributed by atoms with Crippen molar-refractivity contribution in [3.05, 3.63) is 68.3 Å². The summed E-state index contributed by atoms with van der Waals surface area (Å²) in [6.07, 6.45) is 0. The first-order valence-electron chi connectivity index (χ1n) is 8.80. The molecule has 160 valence electrons. The molecule has 0 spiro atoms. The van der Waals surface area contributed by atoms with Crippen molar-refractivity contribution in [2.24, 2.45) is 0 Å². The lowest BCUT2D eigenvalue weighted by Gasteiger charge is -2.25. The lowest BCUT2D eigenvalue weighted by Crippen LogP contribution is -2.31. The number of benzene rings is 2. The van der Waals surface area contributed by atoms with Gasteiger partial charge in [0.15, 0.2) is 0 Å². The summed E-state index contributed by atoms with van der Waals surface area (Å²) in [5.41, 5.74) is 1.83. The van der Waals surface area contributed by atoms with E-state index in [1.807, 2.05) is 29.5 Å². The number of aryl methyl sites for hydroxylation is 1. The molecule has 0 bridgehead atoms. The fraction of sp³-hybridized carbons (Fsp3) is 0.238. The fourth-order valence-corrected chi connectivity index (χ4v) is 4.67. The van der Waals surface area contributed by atoms with E-state index in [-0.39, 0.29) is 17.2 Å². The normalized spacial score (nSPS) is 11.8. The number of sulfone groups is 1. The zero-order chi connectivity index (χ0) is 22.5. The molecule has 1 amide bonds. The number of nitrogens with zero attached hydrogens (tertiary/aromatic N) is 1. The molecule has 0 saturated carbocycles. The van der Waals surface area contributed by atoms with E-state index in [1.54, 1.807) is 24.3 Å². The van der Waals surface area contributed by atoms with Gasteiger partial charge in [-0.2, -0.15) is 0 Å². The van der Waals surface area contributed by atoms with Crippen LogP contribution < -0.4 is 4.90 Å². The van der Waals surface area contributed by atoms with E-state index in [0.717, 1.165) is 11.0 Å². The maximum absolute atomic E-state index is 12.9. The van der Waals surface area contributed by atoms with Crippen molar-refractivity contribution in [2.45, 2.75) is 18.7 Å². The van der Waals surface area contributed by atoms with Crippen LogP contribution >= 0.6 is 22.6 Å². The van der Waals surface area contributed by atoms with Crippen LogP contribution in [0.15, 0.2) is 58.5 Å². The number of hydrogen-bond donors (Lipinski definition) is 0. The largest absolute Gasteiger partial charge is 0.465 e. The van der Waals surface area contributed by atoms with Gasteiger partial charge in [-0.3, -0.25) is 9.69 Å². The third kappa shape index (κ3) is 5.67. The van der Waals surface area contributed by atoms with Crippen LogP contribution in [0.3, 0.4) is 0 Å². The summed E-state index contributed by atoms with van der Waals surface area (Å²) >= 11 is 1.98. The number of esters is 1. The van der Waals surface area contributed by atoms with Gasteiger partial charge in [0, 0.05) is 17.6 Å². The Morgan fingerprint density at radius 3 is 2.23 bits per heavy atom. The molecule has 2 aromatic carbocycles. The van der Waals surface area contributed by atoms with Gasteiger partial charge in [-0.15, -0.1) is 0 Å². The molecule has 0 aromatic heterocycles. The van der Waals surface area contributed by atoms with Crippen LogP contribution in [0.25, 0.3) is 0 Å². The van der Waals surface area contributed by atoms with Gasteiger partial charge in [0.2, 0.25) is 15.7 Å². The second kappa shape index (κ2) is 10.2. The van der Waals surface area contributed by atoms with Crippen molar-refractivity contribution >= 4 is 50.0 Å². The molecule has 0 aliphatic rings. The molecule has 0 fully saturated rings. The Bertz CT molecular complexity index is 1080. The molecule has 0 radical (unpaired) electrons. The van der Waals surface area contributed by atoms with E-state index < -0.39 is 21.7 Å². The lowest BCUT2D eigenvalue weighted by atomic mass is 10.2. The zero-order valence-corrected chi connectivity index (χ0v) is 20.0. The van der Waals surface area contributed by atoms with Crippen LogP contribution in [0, 0.1) is 10.5 Å². The van der Waals surface area contributed by atoms with Crippen molar-refractivity contribution in [1.29, 1.82) is 0 Å². The number of carbonyl (C=O) groups excluding carboxylic acids is 2. The van der Waals surface area contributed by atoms with Gasteiger partial charge in [0.25, 0.3) is 0 Å². The minimum atomic E-state index is -3.84. The molecule has 9 heteroatoms. The Morgan fingerprint density at radius 2 is 1.73 bits per heavy atom. The predicted octanol–water partition coefficient (Wildman–Crippen LogP) is 3.70. The van der Waals surface area contributed by atoms with Crippen molar-refractivity contribution in [3.8, 4) is 0 Å². The molecule has 2 aromatic rings. The van der Waals surface area contributed by atoms with Gasteiger partial charge in [-0.1, -0.05) is 17.7 Å². The van der Waals surface area contributed by atoms with Crippen LogP contribution in [0.5, 0.6) is 0 Å². The second-order valence-electron chi connectivity index (χ2n) is 6.41. The van der Waals surface area contributed by atoms with E-state index in [0.29, 0.717) is 14.8 Å². The summed E-state index contributed by atoms with van der Waals surface area (Å²) in [5.74, 6) is -0.912. The second-order valence-corrected chi connectivity index (χ2v) is 9.37. The standard InChI is InChI=1S/C21H22INO6S/c1-14-5-8-18(9-6-14)30(26,27)13-17(12-28-3)23(15(2)24)20-10-7-16(11-19(20)22)21(25)29-4/h5-11,13H,12H2,1-4H3/b17-13+. The molecule has 0 aliphatic carbocycles. The molecular formula is C21H22INO6S. The molecule has 0 unspecified atom stereocenters. The van der Waals surface area contributed by atoms with E-state index >= 15 is 0 Å². The van der Waals surface area contributed by atoms with Gasteiger partial charge in [-0.25, -0.2) is 13.2 Å². The van der Waals surface area contributed by atoms with E-state index in [1.165, 1.54) is 44.2 Å². The van der Waals surface area contributed by atoms with Gasteiger partial charge in [-0.05, 0) is 59.8 Å². The summed E-state index contributed by atoms with van der Waals surface area (Å²) in [5, 5.41) is 1.03. The van der Waals surface area contributed by atoms with Crippen LogP contribution in [0.4, 0.5) is 5.69 Å². The first-order valence-corrected chi connectivity index (χ1v) is 11.4. The number of carbonyl (C=O) groups is 2. The highest BCUT2D eigenvalue weighted by atomic mass is 127. The molecule has 0 aliphatic heterocycles. The Morgan fingerprint density at radius 1 is 1.10 bits per heavy atom. The first kappa shape index (κ1) is 24.0. The summed E-state index contributed by atoms with van der Waals surface area (Å²) in [6.45, 7) is 3.08. The number of ether oxygens (including phenoxy) is 2. The number of anilines is 1. The van der Waals surface area contributed by atoms with E-state index in [4.69, 9.17) is 9.47 Å². The molecule has 7 nitrogen and oxygen atoms in total. The first-order chi connectivity index (χ1) is 14.1. The van der Waals surface area contributed by atoms with Gasteiger partial charge >= 0.3 is 5.97 Å². The van der Waals surface area contributed by atoms with Gasteiger partial charge < -0.3 is 9.47 Å². The topological polar surface area (TPSA) is 90.0 Å². The highest BCUT2D eigenvalue weighted by molar-refractivity contribution is 14.1. The third-order valence-corrected chi connectivity index (χ3v) is 6.52. The van der Waals surface area contributed by atoms with Crippen molar-refractivity contribution in [2.75, 3.05) is 25.7 Å². The summed E-state index contributed by atoms with van der Waals surface area (Å²) in [7, 11) is -1.15. The number of hydrogen-bond acceptors (Lipinski definition) is 6. The van der Waals surface area contributed by atoms with Crippen molar-refractivity contribution < 1.29 is 27.5 Å². The lowest BCUT2D eigenvalue weighted by molar-refractivity contribution is -0.116. The molecular weight excluding hydrogens is 521 g/mol. The van der Waals surface area contributed by atoms with Gasteiger partial charge in [0.05, 0.1) is 41.0 Å². The van der Waals surface area contributed by atoms with E-state index in [9.17, 15) is 18.0 Å². The highest BCUT2D eigenvalue weighted by Gasteiger charge is 2.23. The van der Waals surface area contributed by atoms with E-state index in [2.05, 4.69) is 0 Å². The minimum absolute atomic E-state index is 0.112. The Balaban J connectivity index is 2.59. The van der Waals surface area contributed by atoms with Crippen LogP contribution in [-0.2, 0) is 24.1 Å². The Kier molecular flexibility index (Phi) is 8.16. The zero-order valence-electron chi connectivity index (χ0n) is 17.0. The monoisotopic (exact) mass is 543 g/mol. The minimum Gasteiger partial charge on any atom is -0.465 e. The number of amides is 1. The highest BCUT2D eigenvalue weighted by Crippen LogP contribution is 2.29. The smallest absolute Gasteiger partial charge is 0.337 e. The van der Waals surface area contributed by atoms with Crippen LogP contribution in [0.1, 0.15) is 22.8 Å². The predicted molar refractivity (Wildman–Crippen MR) is 122 cm³/mol. The molecule has 2 rings (SSSR count). The Labute approximate surface area is 189 Å². The average molecular weight is 543 g/mol. The maximum atomic E-state index is 12.9. The van der Waals surface area contributed by atoms with Crippen LogP contribution in [-0.4, -0.2) is 41.1 Å². The third-order valence-electron chi connectivity index (χ3n) is 4.14. The van der Waals surface area contributed by atoms with Crippen LogP contribution in [0.2, 0.25) is 0 Å².